The number of carbonyl (C=O) groups excluding carboxylic acids is 1. The minimum atomic E-state index is -0.0297. The van der Waals surface area contributed by atoms with Crippen molar-refractivity contribution in [1.29, 1.82) is 0 Å². The summed E-state index contributed by atoms with van der Waals surface area (Å²) in [5.74, 6) is 6.01. The van der Waals surface area contributed by atoms with Crippen molar-refractivity contribution in [3.63, 3.8) is 0 Å². The van der Waals surface area contributed by atoms with Crippen molar-refractivity contribution in [3.8, 4) is 11.8 Å². The van der Waals surface area contributed by atoms with E-state index in [0.29, 0.717) is 6.54 Å². The van der Waals surface area contributed by atoms with Gasteiger partial charge >= 0.3 is 0 Å². The lowest BCUT2D eigenvalue weighted by molar-refractivity contribution is 0.0657. The lowest BCUT2D eigenvalue weighted by Crippen LogP contribution is -2.42. The molecule has 0 aliphatic carbocycles. The average Bonchev–Trinajstić information content (AvgIpc) is 2.89. The van der Waals surface area contributed by atoms with E-state index in [9.17, 15) is 4.79 Å². The molecule has 1 aromatic heterocycles. The molecule has 1 fully saturated rings. The van der Waals surface area contributed by atoms with Gasteiger partial charge in [-0.1, -0.05) is 11.8 Å². The largest absolute Gasteiger partial charge is 0.333 e. The summed E-state index contributed by atoms with van der Waals surface area (Å²) in [6.07, 6.45) is 2.16. The summed E-state index contributed by atoms with van der Waals surface area (Å²) in [5.41, 5.74) is 6.42. The average molecular weight is 276 g/mol. The van der Waals surface area contributed by atoms with Gasteiger partial charge in [-0.15, -0.1) is 11.3 Å². The molecule has 102 valence electrons. The van der Waals surface area contributed by atoms with E-state index in [1.54, 1.807) is 0 Å². The zero-order valence-corrected chi connectivity index (χ0v) is 12.6. The summed E-state index contributed by atoms with van der Waals surface area (Å²) in [4.78, 5) is 16.3. The second-order valence-corrected chi connectivity index (χ2v) is 6.55. The Bertz CT molecular complexity index is 548. The standard InChI is InChI=1S/C15H20N2OS/c1-11-10-13(19-12(11)6-4-8-16)14(18)17-9-5-7-15(17,2)3/h10H,5,7-9,16H2,1-3H3. The maximum absolute atomic E-state index is 12.6. The Kier molecular flexibility index (Phi) is 3.98. The molecular formula is C15H20N2OS. The molecule has 2 N–H and O–H groups in total. The Morgan fingerprint density at radius 3 is 2.89 bits per heavy atom. The molecule has 0 bridgehead atoms. The number of aryl methyl sites for hydroxylation is 1. The molecule has 4 heteroatoms. The molecule has 2 rings (SSSR count). The fourth-order valence-electron chi connectivity index (χ4n) is 2.46. The van der Waals surface area contributed by atoms with Crippen LogP contribution in [-0.4, -0.2) is 29.4 Å². The van der Waals surface area contributed by atoms with Gasteiger partial charge in [-0.2, -0.15) is 0 Å². The third-order valence-corrected chi connectivity index (χ3v) is 4.72. The van der Waals surface area contributed by atoms with Crippen LogP contribution in [-0.2, 0) is 0 Å². The van der Waals surface area contributed by atoms with E-state index in [1.165, 1.54) is 11.3 Å². The first kappa shape index (κ1) is 14.1. The number of hydrogen-bond acceptors (Lipinski definition) is 3. The van der Waals surface area contributed by atoms with Crippen molar-refractivity contribution in [1.82, 2.24) is 4.90 Å². The highest BCUT2D eigenvalue weighted by atomic mass is 32.1. The van der Waals surface area contributed by atoms with Gasteiger partial charge in [0.15, 0.2) is 0 Å². The summed E-state index contributed by atoms with van der Waals surface area (Å²) >= 11 is 1.47. The van der Waals surface area contributed by atoms with Crippen LogP contribution in [0.3, 0.4) is 0 Å². The van der Waals surface area contributed by atoms with Crippen molar-refractivity contribution >= 4 is 17.2 Å². The van der Waals surface area contributed by atoms with Gasteiger partial charge in [0.2, 0.25) is 0 Å². The Labute approximate surface area is 118 Å². The summed E-state index contributed by atoms with van der Waals surface area (Å²) in [6, 6.07) is 1.95. The molecule has 1 aliphatic rings. The van der Waals surface area contributed by atoms with Gasteiger partial charge < -0.3 is 10.6 Å². The van der Waals surface area contributed by atoms with Crippen molar-refractivity contribution in [2.45, 2.75) is 39.2 Å². The Morgan fingerprint density at radius 2 is 2.32 bits per heavy atom. The van der Waals surface area contributed by atoms with Gasteiger partial charge in [0, 0.05) is 12.1 Å². The number of amides is 1. The molecule has 0 unspecified atom stereocenters. The highest BCUT2D eigenvalue weighted by Crippen LogP contribution is 2.32. The van der Waals surface area contributed by atoms with E-state index in [-0.39, 0.29) is 11.4 Å². The molecule has 1 amide bonds. The Balaban J connectivity index is 2.25. The number of hydrogen-bond donors (Lipinski definition) is 1. The fourth-order valence-corrected chi connectivity index (χ4v) is 3.46. The molecule has 3 nitrogen and oxygen atoms in total. The molecule has 1 aliphatic heterocycles. The van der Waals surface area contributed by atoms with Gasteiger partial charge in [0.1, 0.15) is 0 Å². The third kappa shape index (κ3) is 2.83. The normalized spacial score (nSPS) is 17.2. The minimum absolute atomic E-state index is 0.0297. The first-order valence-electron chi connectivity index (χ1n) is 6.57. The van der Waals surface area contributed by atoms with E-state index in [0.717, 1.165) is 34.7 Å². The quantitative estimate of drug-likeness (QED) is 0.801. The van der Waals surface area contributed by atoms with E-state index >= 15 is 0 Å². The van der Waals surface area contributed by atoms with Gasteiger partial charge in [-0.3, -0.25) is 4.79 Å². The van der Waals surface area contributed by atoms with Crippen molar-refractivity contribution in [2.75, 3.05) is 13.1 Å². The van der Waals surface area contributed by atoms with Crippen LogP contribution in [0.4, 0.5) is 0 Å². The first-order chi connectivity index (χ1) is 8.95. The van der Waals surface area contributed by atoms with Crippen LogP contribution in [0.5, 0.6) is 0 Å². The van der Waals surface area contributed by atoms with Crippen LogP contribution in [0.25, 0.3) is 0 Å². The highest BCUT2D eigenvalue weighted by Gasteiger charge is 2.36. The predicted octanol–water partition coefficient (Wildman–Crippen LogP) is 2.38. The fraction of sp³-hybridized carbons (Fsp3) is 0.533. The third-order valence-electron chi connectivity index (χ3n) is 3.58. The van der Waals surface area contributed by atoms with Gasteiger partial charge in [-0.25, -0.2) is 0 Å². The van der Waals surface area contributed by atoms with Crippen LogP contribution in [0.2, 0.25) is 0 Å². The highest BCUT2D eigenvalue weighted by molar-refractivity contribution is 7.14. The van der Waals surface area contributed by atoms with Crippen molar-refractivity contribution in [2.24, 2.45) is 5.73 Å². The Hall–Kier alpha value is -1.31. The van der Waals surface area contributed by atoms with E-state index in [1.807, 2.05) is 17.9 Å². The second-order valence-electron chi connectivity index (χ2n) is 5.50. The van der Waals surface area contributed by atoms with Crippen molar-refractivity contribution < 1.29 is 4.79 Å². The zero-order valence-electron chi connectivity index (χ0n) is 11.7. The monoisotopic (exact) mass is 276 g/mol. The van der Waals surface area contributed by atoms with Gasteiger partial charge in [0.05, 0.1) is 16.3 Å². The molecule has 0 radical (unpaired) electrons. The van der Waals surface area contributed by atoms with Crippen LogP contribution in [0, 0.1) is 18.8 Å². The number of nitrogens with zero attached hydrogens (tertiary/aromatic N) is 1. The molecule has 2 heterocycles. The topological polar surface area (TPSA) is 46.3 Å². The molecule has 0 spiro atoms. The molecule has 0 aromatic carbocycles. The van der Waals surface area contributed by atoms with Crippen LogP contribution >= 0.6 is 11.3 Å². The Morgan fingerprint density at radius 1 is 1.58 bits per heavy atom. The van der Waals surface area contributed by atoms with E-state index in [4.69, 9.17) is 5.73 Å². The van der Waals surface area contributed by atoms with Gasteiger partial charge in [0.25, 0.3) is 5.91 Å². The van der Waals surface area contributed by atoms with Crippen LogP contribution in [0.1, 0.15) is 46.8 Å². The number of likely N-dealkylation sites (tertiary alicyclic amines) is 1. The second kappa shape index (κ2) is 5.36. The predicted molar refractivity (Wildman–Crippen MR) is 79.3 cm³/mol. The van der Waals surface area contributed by atoms with Gasteiger partial charge in [-0.05, 0) is 45.2 Å². The summed E-state index contributed by atoms with van der Waals surface area (Å²) in [5, 5.41) is 0. The summed E-state index contributed by atoms with van der Waals surface area (Å²) in [6.45, 7) is 7.45. The SMILES string of the molecule is Cc1cc(C(=O)N2CCCC2(C)C)sc1C#CCN. The molecular weight excluding hydrogens is 256 g/mol. The number of rotatable bonds is 1. The minimum Gasteiger partial charge on any atom is -0.333 e. The maximum Gasteiger partial charge on any atom is 0.264 e. The lowest BCUT2D eigenvalue weighted by atomic mass is 10.0. The number of thiophene rings is 1. The molecule has 1 saturated heterocycles. The smallest absolute Gasteiger partial charge is 0.264 e. The van der Waals surface area contributed by atoms with E-state index < -0.39 is 0 Å². The van der Waals surface area contributed by atoms with Crippen molar-refractivity contribution in [3.05, 3.63) is 21.4 Å². The summed E-state index contributed by atoms with van der Waals surface area (Å²) in [7, 11) is 0. The molecule has 1 aromatic rings. The lowest BCUT2D eigenvalue weighted by Gasteiger charge is -2.31. The molecule has 19 heavy (non-hydrogen) atoms. The number of nitrogens with two attached hydrogens (primary N) is 1. The first-order valence-corrected chi connectivity index (χ1v) is 7.39. The molecule has 0 atom stereocenters. The zero-order chi connectivity index (χ0) is 14.0. The maximum atomic E-state index is 12.6. The molecule has 0 saturated carbocycles. The van der Waals surface area contributed by atoms with Crippen LogP contribution in [0.15, 0.2) is 6.07 Å². The number of carbonyl (C=O) groups is 1. The van der Waals surface area contributed by atoms with Crippen LogP contribution < -0.4 is 5.73 Å². The summed E-state index contributed by atoms with van der Waals surface area (Å²) < 4.78 is 0. The van der Waals surface area contributed by atoms with E-state index in [2.05, 4.69) is 25.7 Å².